The van der Waals surface area contributed by atoms with Gasteiger partial charge in [-0.1, -0.05) is 59.1 Å². The number of thioether (sulfide) groups is 1. The number of rotatable bonds is 8. The van der Waals surface area contributed by atoms with Crippen LogP contribution in [0.2, 0.25) is 15.1 Å². The fourth-order valence-corrected chi connectivity index (χ4v) is 4.44. The third-order valence-electron chi connectivity index (χ3n) is 4.25. The van der Waals surface area contributed by atoms with Crippen molar-refractivity contribution in [2.24, 2.45) is 0 Å². The first-order valence-corrected chi connectivity index (χ1v) is 10.9. The molecule has 4 nitrogen and oxygen atoms in total. The van der Waals surface area contributed by atoms with Crippen molar-refractivity contribution < 1.29 is 9.59 Å². The lowest BCUT2D eigenvalue weighted by Crippen LogP contribution is -2.47. The van der Waals surface area contributed by atoms with Gasteiger partial charge in [-0.2, -0.15) is 0 Å². The van der Waals surface area contributed by atoms with Gasteiger partial charge in [0, 0.05) is 34.4 Å². The fraction of sp³-hybridized carbons (Fsp3) is 0.300. The van der Waals surface area contributed by atoms with Gasteiger partial charge in [0.05, 0.1) is 5.75 Å². The summed E-state index contributed by atoms with van der Waals surface area (Å²) in [5.41, 5.74) is 1.58. The molecule has 28 heavy (non-hydrogen) atoms. The third kappa shape index (κ3) is 6.05. The van der Waals surface area contributed by atoms with Gasteiger partial charge in [0.1, 0.15) is 6.04 Å². The van der Waals surface area contributed by atoms with Gasteiger partial charge in [-0.3, -0.25) is 9.59 Å². The van der Waals surface area contributed by atoms with E-state index in [-0.39, 0.29) is 24.1 Å². The van der Waals surface area contributed by atoms with Crippen LogP contribution in [0.15, 0.2) is 42.5 Å². The van der Waals surface area contributed by atoms with E-state index in [2.05, 4.69) is 5.32 Å². The first-order valence-electron chi connectivity index (χ1n) is 8.60. The Morgan fingerprint density at radius 3 is 2.25 bits per heavy atom. The Balaban J connectivity index is 2.10. The molecule has 0 radical (unpaired) electrons. The molecule has 0 aromatic heterocycles. The summed E-state index contributed by atoms with van der Waals surface area (Å²) in [7, 11) is 1.55. The molecule has 2 rings (SSSR count). The summed E-state index contributed by atoms with van der Waals surface area (Å²) in [6.45, 7) is 1.95. The molecule has 2 aromatic carbocycles. The van der Waals surface area contributed by atoms with Crippen molar-refractivity contribution in [2.45, 2.75) is 25.3 Å². The van der Waals surface area contributed by atoms with E-state index in [0.29, 0.717) is 20.8 Å². The number of carbonyl (C=O) groups excluding carboxylic acids is 2. The quantitative estimate of drug-likeness (QED) is 0.601. The maximum absolute atomic E-state index is 12.9. The van der Waals surface area contributed by atoms with Gasteiger partial charge in [-0.25, -0.2) is 0 Å². The zero-order valence-corrected chi connectivity index (χ0v) is 18.6. The molecule has 0 saturated heterocycles. The summed E-state index contributed by atoms with van der Waals surface area (Å²) < 4.78 is 0. The molecule has 2 amide bonds. The van der Waals surface area contributed by atoms with Crippen LogP contribution >= 0.6 is 46.6 Å². The molecule has 8 heteroatoms. The summed E-state index contributed by atoms with van der Waals surface area (Å²) in [6.07, 6.45) is 0. The predicted octanol–water partition coefficient (Wildman–Crippen LogP) is 5.04. The largest absolute Gasteiger partial charge is 0.357 e. The number of nitrogens with one attached hydrogen (secondary N) is 1. The van der Waals surface area contributed by atoms with Crippen LogP contribution in [0, 0.1) is 0 Å². The number of hydrogen-bond donors (Lipinski definition) is 1. The zero-order valence-electron chi connectivity index (χ0n) is 15.5. The summed E-state index contributed by atoms with van der Waals surface area (Å²) >= 11 is 20.0. The summed E-state index contributed by atoms with van der Waals surface area (Å²) in [6, 6.07) is 12.0. The highest BCUT2D eigenvalue weighted by molar-refractivity contribution is 7.99. The van der Waals surface area contributed by atoms with Crippen molar-refractivity contribution in [2.75, 3.05) is 12.8 Å². The highest BCUT2D eigenvalue weighted by Crippen LogP contribution is 2.28. The molecule has 0 aliphatic carbocycles. The highest BCUT2D eigenvalue weighted by Gasteiger charge is 2.26. The number of nitrogens with zero attached hydrogens (tertiary/aromatic N) is 1. The van der Waals surface area contributed by atoms with E-state index in [9.17, 15) is 9.59 Å². The van der Waals surface area contributed by atoms with Crippen LogP contribution in [0.25, 0.3) is 0 Å². The van der Waals surface area contributed by atoms with E-state index in [1.54, 1.807) is 38.2 Å². The van der Waals surface area contributed by atoms with Crippen molar-refractivity contribution in [1.29, 1.82) is 0 Å². The Labute approximate surface area is 184 Å². The Bertz CT molecular complexity index is 828. The molecule has 0 spiro atoms. The van der Waals surface area contributed by atoms with E-state index < -0.39 is 6.04 Å². The normalized spacial score (nSPS) is 11.8. The van der Waals surface area contributed by atoms with Gasteiger partial charge >= 0.3 is 0 Å². The van der Waals surface area contributed by atoms with E-state index in [4.69, 9.17) is 34.8 Å². The molecule has 1 N–H and O–H groups in total. The molecule has 0 aliphatic heterocycles. The van der Waals surface area contributed by atoms with Crippen LogP contribution in [-0.4, -0.2) is 35.6 Å². The highest BCUT2D eigenvalue weighted by atomic mass is 35.5. The Morgan fingerprint density at radius 1 is 1.04 bits per heavy atom. The molecule has 0 bridgehead atoms. The molecular weight excluding hydrogens is 439 g/mol. The van der Waals surface area contributed by atoms with Crippen LogP contribution in [0.5, 0.6) is 0 Å². The van der Waals surface area contributed by atoms with Crippen LogP contribution in [0.1, 0.15) is 18.1 Å². The minimum Gasteiger partial charge on any atom is -0.357 e. The van der Waals surface area contributed by atoms with E-state index >= 15 is 0 Å². The van der Waals surface area contributed by atoms with Crippen molar-refractivity contribution in [3.8, 4) is 0 Å². The Hall–Kier alpha value is -1.40. The molecule has 0 heterocycles. The third-order valence-corrected chi connectivity index (χ3v) is 6.27. The number of hydrogen-bond acceptors (Lipinski definition) is 3. The van der Waals surface area contributed by atoms with Crippen LogP contribution in [0.4, 0.5) is 0 Å². The minimum absolute atomic E-state index is 0.163. The molecule has 0 aliphatic rings. The number of carbonyl (C=O) groups is 2. The van der Waals surface area contributed by atoms with Crippen LogP contribution in [-0.2, 0) is 21.9 Å². The smallest absolute Gasteiger partial charge is 0.242 e. The first kappa shape index (κ1) is 22.9. The van der Waals surface area contributed by atoms with E-state index in [0.717, 1.165) is 11.1 Å². The minimum atomic E-state index is -0.627. The van der Waals surface area contributed by atoms with Gasteiger partial charge in [-0.05, 0) is 36.2 Å². The average molecular weight is 460 g/mol. The second-order valence-corrected chi connectivity index (χ2v) is 8.30. The second-order valence-electron chi connectivity index (χ2n) is 6.10. The standard InChI is InChI=1S/C20H21Cl3N2O2S/c1-13(20(27)24-2)25(10-14-6-3-4-7-16(14)21)19(26)12-28-11-15-17(22)8-5-9-18(15)23/h3-9,13H,10-12H2,1-2H3,(H,24,27)/t13-/m1/s1. The summed E-state index contributed by atoms with van der Waals surface area (Å²) in [5.74, 6) is 0.287. The zero-order chi connectivity index (χ0) is 20.7. The fourth-order valence-electron chi connectivity index (χ4n) is 2.60. The maximum Gasteiger partial charge on any atom is 0.242 e. The number of benzene rings is 2. The lowest BCUT2D eigenvalue weighted by atomic mass is 10.1. The molecule has 0 unspecified atom stereocenters. The van der Waals surface area contributed by atoms with E-state index in [1.165, 1.54) is 16.7 Å². The van der Waals surface area contributed by atoms with Gasteiger partial charge in [-0.15, -0.1) is 11.8 Å². The SMILES string of the molecule is CNC(=O)[C@@H](C)N(Cc1ccccc1Cl)C(=O)CSCc1c(Cl)cccc1Cl. The molecule has 0 fully saturated rings. The van der Waals surface area contributed by atoms with Gasteiger partial charge in [0.2, 0.25) is 11.8 Å². The summed E-state index contributed by atoms with van der Waals surface area (Å²) in [4.78, 5) is 26.6. The van der Waals surface area contributed by atoms with E-state index in [1.807, 2.05) is 18.2 Å². The van der Waals surface area contributed by atoms with Gasteiger partial charge < -0.3 is 10.2 Å². The topological polar surface area (TPSA) is 49.4 Å². The lowest BCUT2D eigenvalue weighted by Gasteiger charge is -2.28. The summed E-state index contributed by atoms with van der Waals surface area (Å²) in [5, 5.41) is 4.28. The molecular formula is C20H21Cl3N2O2S. The molecule has 2 aromatic rings. The van der Waals surface area contributed by atoms with Gasteiger partial charge in [0.15, 0.2) is 0 Å². The number of halogens is 3. The van der Waals surface area contributed by atoms with Crippen molar-refractivity contribution >= 4 is 58.4 Å². The molecule has 1 atom stereocenters. The Morgan fingerprint density at radius 2 is 1.64 bits per heavy atom. The predicted molar refractivity (Wildman–Crippen MR) is 118 cm³/mol. The Kier molecular flexibility index (Phi) is 8.96. The molecule has 0 saturated carbocycles. The number of likely N-dealkylation sites (N-methyl/N-ethyl adjacent to an activating group) is 1. The average Bonchev–Trinajstić information content (AvgIpc) is 2.68. The van der Waals surface area contributed by atoms with Crippen LogP contribution in [0.3, 0.4) is 0 Å². The van der Waals surface area contributed by atoms with Crippen molar-refractivity contribution in [3.05, 3.63) is 68.7 Å². The van der Waals surface area contributed by atoms with Crippen LogP contribution < -0.4 is 5.32 Å². The second kappa shape index (κ2) is 11.0. The lowest BCUT2D eigenvalue weighted by molar-refractivity contribution is -0.138. The molecule has 150 valence electrons. The van der Waals surface area contributed by atoms with Crippen molar-refractivity contribution in [1.82, 2.24) is 10.2 Å². The monoisotopic (exact) mass is 458 g/mol. The van der Waals surface area contributed by atoms with Crippen molar-refractivity contribution in [3.63, 3.8) is 0 Å². The van der Waals surface area contributed by atoms with Gasteiger partial charge in [0.25, 0.3) is 0 Å². The number of amides is 2. The maximum atomic E-state index is 12.9. The first-order chi connectivity index (χ1) is 13.3.